The molecule has 1 unspecified atom stereocenters. The van der Waals surface area contributed by atoms with Gasteiger partial charge in [0.1, 0.15) is 5.82 Å². The summed E-state index contributed by atoms with van der Waals surface area (Å²) in [7, 11) is 3.39. The standard InChI is InChI=1S/C29H31N5O3/c1-33(2)29(37)22-6-3-5-21(16-22)26(17-27(35)36)34-25-13-9-19(15-23(25)18-31-34)8-11-24-12-10-20-7-4-14-30-28(20)32-24/h3,5-6,9-10,12-13,15-16,18,26H,4,7-8,11,14,17H2,1-2H3,(H,30,32)(H,35,36). The number of carbonyl (C=O) groups excluding carboxylic acids is 1. The van der Waals surface area contributed by atoms with Crippen LogP contribution in [0.15, 0.2) is 60.8 Å². The largest absolute Gasteiger partial charge is 0.481 e. The summed E-state index contributed by atoms with van der Waals surface area (Å²) in [6.45, 7) is 0.975. The van der Waals surface area contributed by atoms with E-state index in [1.165, 1.54) is 16.0 Å². The van der Waals surface area contributed by atoms with Gasteiger partial charge in [0.2, 0.25) is 0 Å². The van der Waals surface area contributed by atoms with Crippen LogP contribution in [0.3, 0.4) is 0 Å². The third-order valence-electron chi connectivity index (χ3n) is 6.87. The first kappa shape index (κ1) is 24.5. The Morgan fingerprint density at radius 3 is 2.78 bits per heavy atom. The Hall–Kier alpha value is -4.20. The molecule has 3 heterocycles. The number of hydrogen-bond acceptors (Lipinski definition) is 5. The lowest BCUT2D eigenvalue weighted by Crippen LogP contribution is -2.22. The molecule has 0 aliphatic carbocycles. The van der Waals surface area contributed by atoms with E-state index < -0.39 is 12.0 Å². The van der Waals surface area contributed by atoms with Crippen LogP contribution in [0, 0.1) is 0 Å². The molecule has 8 heteroatoms. The van der Waals surface area contributed by atoms with E-state index in [0.29, 0.717) is 5.56 Å². The number of hydrogen-bond donors (Lipinski definition) is 2. The number of aliphatic carboxylic acids is 1. The number of aromatic nitrogens is 3. The molecule has 2 N–H and O–H groups in total. The predicted octanol–water partition coefficient (Wildman–Crippen LogP) is 4.34. The van der Waals surface area contributed by atoms with Crippen LogP contribution in [0.4, 0.5) is 5.82 Å². The highest BCUT2D eigenvalue weighted by atomic mass is 16.4. The average molecular weight is 498 g/mol. The van der Waals surface area contributed by atoms with Gasteiger partial charge in [-0.2, -0.15) is 5.10 Å². The second-order valence-corrected chi connectivity index (χ2v) is 9.76. The smallest absolute Gasteiger partial charge is 0.305 e. The molecule has 37 heavy (non-hydrogen) atoms. The molecule has 190 valence electrons. The molecule has 5 rings (SSSR count). The number of nitrogens with zero attached hydrogens (tertiary/aromatic N) is 4. The molecule has 1 atom stereocenters. The SMILES string of the molecule is CN(C)C(=O)c1cccc(C(CC(=O)O)n2ncc3cc(CCc4ccc5c(n4)NCCC5)ccc32)c1. The number of amides is 1. The van der Waals surface area contributed by atoms with E-state index in [2.05, 4.69) is 34.7 Å². The fraction of sp³-hybridized carbons (Fsp3) is 0.310. The highest BCUT2D eigenvalue weighted by Crippen LogP contribution is 2.28. The lowest BCUT2D eigenvalue weighted by molar-refractivity contribution is -0.137. The van der Waals surface area contributed by atoms with Crippen LogP contribution in [0.1, 0.15) is 51.6 Å². The Kier molecular flexibility index (Phi) is 6.90. The Labute approximate surface area is 215 Å². The van der Waals surface area contributed by atoms with Crippen molar-refractivity contribution in [1.82, 2.24) is 19.7 Å². The summed E-state index contributed by atoms with van der Waals surface area (Å²) in [4.78, 5) is 30.6. The van der Waals surface area contributed by atoms with E-state index in [0.717, 1.165) is 60.2 Å². The van der Waals surface area contributed by atoms with Crippen LogP contribution in [0.5, 0.6) is 0 Å². The molecule has 0 saturated heterocycles. The molecule has 2 aromatic carbocycles. The first-order chi connectivity index (χ1) is 17.9. The molecule has 0 bridgehead atoms. The van der Waals surface area contributed by atoms with E-state index in [4.69, 9.17) is 4.98 Å². The van der Waals surface area contributed by atoms with Crippen LogP contribution in [0.2, 0.25) is 0 Å². The number of carboxylic acids is 1. The Morgan fingerprint density at radius 1 is 1.11 bits per heavy atom. The molecule has 1 amide bonds. The van der Waals surface area contributed by atoms with Crippen molar-refractivity contribution >= 4 is 28.6 Å². The maximum atomic E-state index is 12.5. The van der Waals surface area contributed by atoms with Gasteiger partial charge in [0.05, 0.1) is 24.2 Å². The summed E-state index contributed by atoms with van der Waals surface area (Å²) >= 11 is 0. The fourth-order valence-corrected chi connectivity index (χ4v) is 4.94. The number of rotatable bonds is 8. The maximum absolute atomic E-state index is 12.5. The number of carbonyl (C=O) groups is 2. The van der Waals surface area contributed by atoms with Crippen molar-refractivity contribution < 1.29 is 14.7 Å². The highest BCUT2D eigenvalue weighted by molar-refractivity contribution is 5.94. The van der Waals surface area contributed by atoms with Gasteiger partial charge in [-0.05, 0) is 72.7 Å². The maximum Gasteiger partial charge on any atom is 0.305 e. The van der Waals surface area contributed by atoms with Gasteiger partial charge in [0.25, 0.3) is 5.91 Å². The lowest BCUT2D eigenvalue weighted by Gasteiger charge is -2.19. The van der Waals surface area contributed by atoms with E-state index in [-0.39, 0.29) is 12.3 Å². The van der Waals surface area contributed by atoms with Gasteiger partial charge in [-0.25, -0.2) is 4.98 Å². The van der Waals surface area contributed by atoms with Crippen molar-refractivity contribution in [3.63, 3.8) is 0 Å². The van der Waals surface area contributed by atoms with Crippen LogP contribution in [-0.2, 0) is 24.1 Å². The van der Waals surface area contributed by atoms with Crippen molar-refractivity contribution in [2.75, 3.05) is 26.0 Å². The third-order valence-corrected chi connectivity index (χ3v) is 6.87. The molecule has 0 spiro atoms. The Morgan fingerprint density at radius 2 is 1.97 bits per heavy atom. The first-order valence-corrected chi connectivity index (χ1v) is 12.6. The second kappa shape index (κ2) is 10.4. The second-order valence-electron chi connectivity index (χ2n) is 9.76. The van der Waals surface area contributed by atoms with E-state index in [1.54, 1.807) is 43.2 Å². The van der Waals surface area contributed by atoms with E-state index in [9.17, 15) is 14.7 Å². The van der Waals surface area contributed by atoms with Crippen LogP contribution < -0.4 is 5.32 Å². The van der Waals surface area contributed by atoms with Gasteiger partial charge in [0.15, 0.2) is 0 Å². The van der Waals surface area contributed by atoms with Gasteiger partial charge in [-0.15, -0.1) is 0 Å². The number of anilines is 1. The normalized spacial score (nSPS) is 13.6. The molecule has 0 fully saturated rings. The van der Waals surface area contributed by atoms with Crippen LogP contribution in [-0.4, -0.2) is 57.3 Å². The number of aryl methyl sites for hydroxylation is 3. The van der Waals surface area contributed by atoms with Crippen molar-refractivity contribution in [1.29, 1.82) is 0 Å². The number of nitrogens with one attached hydrogen (secondary N) is 1. The third kappa shape index (κ3) is 5.33. The van der Waals surface area contributed by atoms with Crippen molar-refractivity contribution in [2.45, 2.75) is 38.1 Å². The van der Waals surface area contributed by atoms with E-state index >= 15 is 0 Å². The van der Waals surface area contributed by atoms with Crippen molar-refractivity contribution in [3.05, 3.63) is 88.7 Å². The molecule has 0 saturated carbocycles. The van der Waals surface area contributed by atoms with Crippen LogP contribution in [0.25, 0.3) is 10.9 Å². The topological polar surface area (TPSA) is 100 Å². The summed E-state index contributed by atoms with van der Waals surface area (Å²) in [5, 5.41) is 18.6. The average Bonchev–Trinajstić information content (AvgIpc) is 3.33. The summed E-state index contributed by atoms with van der Waals surface area (Å²) in [5.74, 6) is -0.0435. The zero-order valence-electron chi connectivity index (χ0n) is 21.1. The lowest BCUT2D eigenvalue weighted by atomic mass is 10.00. The monoisotopic (exact) mass is 497 g/mol. The molecule has 2 aromatic heterocycles. The highest BCUT2D eigenvalue weighted by Gasteiger charge is 2.22. The minimum atomic E-state index is -0.929. The molecule has 1 aliphatic heterocycles. The quantitative estimate of drug-likeness (QED) is 0.376. The molecule has 0 radical (unpaired) electrons. The number of fused-ring (bicyclic) bond motifs is 2. The fourth-order valence-electron chi connectivity index (χ4n) is 4.94. The zero-order valence-corrected chi connectivity index (χ0v) is 21.1. The molecular formula is C29H31N5O3. The summed E-state index contributed by atoms with van der Waals surface area (Å²) in [5.41, 5.74) is 5.64. The molecule has 1 aliphatic rings. The van der Waals surface area contributed by atoms with Crippen molar-refractivity contribution in [3.8, 4) is 0 Å². The number of benzene rings is 2. The van der Waals surface area contributed by atoms with Gasteiger partial charge in [-0.3, -0.25) is 14.3 Å². The first-order valence-electron chi connectivity index (χ1n) is 12.6. The minimum absolute atomic E-state index is 0.130. The van der Waals surface area contributed by atoms with Gasteiger partial charge in [0, 0.05) is 37.3 Å². The summed E-state index contributed by atoms with van der Waals surface area (Å²) < 4.78 is 1.75. The predicted molar refractivity (Wildman–Crippen MR) is 143 cm³/mol. The van der Waals surface area contributed by atoms with E-state index in [1.807, 2.05) is 12.1 Å². The number of pyridine rings is 1. The Balaban J connectivity index is 1.39. The molecular weight excluding hydrogens is 466 g/mol. The summed E-state index contributed by atoms with van der Waals surface area (Å²) in [6.07, 6.45) is 5.55. The zero-order chi connectivity index (χ0) is 25.9. The number of carboxylic acid groups (broad SMARTS) is 1. The molecule has 4 aromatic rings. The Bertz CT molecular complexity index is 1460. The van der Waals surface area contributed by atoms with Gasteiger partial charge < -0.3 is 15.3 Å². The van der Waals surface area contributed by atoms with Gasteiger partial charge in [-0.1, -0.05) is 24.3 Å². The van der Waals surface area contributed by atoms with Crippen molar-refractivity contribution in [2.24, 2.45) is 0 Å². The van der Waals surface area contributed by atoms with Crippen LogP contribution >= 0.6 is 0 Å². The molecule has 8 nitrogen and oxygen atoms in total. The summed E-state index contributed by atoms with van der Waals surface area (Å²) in [6, 6.07) is 17.1. The van der Waals surface area contributed by atoms with Gasteiger partial charge >= 0.3 is 5.97 Å². The minimum Gasteiger partial charge on any atom is -0.481 e.